The van der Waals surface area contributed by atoms with E-state index in [1.54, 1.807) is 0 Å². The van der Waals surface area contributed by atoms with Crippen LogP contribution in [0.1, 0.15) is 31.2 Å². The number of amides is 1. The van der Waals surface area contributed by atoms with Gasteiger partial charge in [-0.2, -0.15) is 0 Å². The maximum absolute atomic E-state index is 11.6. The molecule has 1 aromatic carbocycles. The normalized spacial score (nSPS) is 15.4. The maximum atomic E-state index is 11.6. The van der Waals surface area contributed by atoms with Crippen LogP contribution in [0.2, 0.25) is 0 Å². The van der Waals surface area contributed by atoms with Gasteiger partial charge in [0.25, 0.3) is 0 Å². The number of benzene rings is 1. The molecule has 0 aliphatic heterocycles. The summed E-state index contributed by atoms with van der Waals surface area (Å²) in [6.45, 7) is 0.141. The van der Waals surface area contributed by atoms with E-state index in [0.29, 0.717) is 12.3 Å². The molecule has 0 spiro atoms. The van der Waals surface area contributed by atoms with Crippen molar-refractivity contribution in [2.45, 2.75) is 38.3 Å². The van der Waals surface area contributed by atoms with E-state index in [2.05, 4.69) is 5.32 Å². The van der Waals surface area contributed by atoms with Crippen LogP contribution in [0.25, 0.3) is 0 Å². The van der Waals surface area contributed by atoms with Crippen LogP contribution in [0.15, 0.2) is 30.3 Å². The van der Waals surface area contributed by atoms with Crippen LogP contribution in [0.4, 0.5) is 4.79 Å². The number of rotatable bonds is 7. The molecule has 1 aliphatic rings. The van der Waals surface area contributed by atoms with E-state index in [9.17, 15) is 9.59 Å². The van der Waals surface area contributed by atoms with Gasteiger partial charge in [0.2, 0.25) is 0 Å². The van der Waals surface area contributed by atoms with E-state index in [-0.39, 0.29) is 6.61 Å². The summed E-state index contributed by atoms with van der Waals surface area (Å²) in [6.07, 6.45) is 2.96. The third kappa shape index (κ3) is 4.91. The highest BCUT2D eigenvalue weighted by atomic mass is 16.5. The second kappa shape index (κ2) is 6.93. The Morgan fingerprint density at radius 3 is 2.60 bits per heavy atom. The molecule has 20 heavy (non-hydrogen) atoms. The molecule has 0 radical (unpaired) electrons. The number of carboxylic acids is 1. The fourth-order valence-electron chi connectivity index (χ4n) is 1.97. The fourth-order valence-corrected chi connectivity index (χ4v) is 1.97. The number of hydrogen-bond acceptors (Lipinski definition) is 3. The predicted octanol–water partition coefficient (Wildman–Crippen LogP) is 2.56. The Kier molecular flexibility index (Phi) is 4.98. The molecule has 0 bridgehead atoms. The van der Waals surface area contributed by atoms with Crippen LogP contribution < -0.4 is 5.32 Å². The van der Waals surface area contributed by atoms with Gasteiger partial charge in [0.05, 0.1) is 0 Å². The molecule has 2 N–H and O–H groups in total. The third-order valence-corrected chi connectivity index (χ3v) is 3.36. The summed E-state index contributed by atoms with van der Waals surface area (Å²) in [5.41, 5.74) is 0.868. The second-order valence-electron chi connectivity index (χ2n) is 5.12. The summed E-state index contributed by atoms with van der Waals surface area (Å²) in [4.78, 5) is 22.7. The van der Waals surface area contributed by atoms with Crippen molar-refractivity contribution in [2.75, 3.05) is 0 Å². The van der Waals surface area contributed by atoms with Crippen molar-refractivity contribution < 1.29 is 19.4 Å². The van der Waals surface area contributed by atoms with Crippen molar-refractivity contribution in [3.63, 3.8) is 0 Å². The molecule has 2 rings (SSSR count). The topological polar surface area (TPSA) is 75.6 Å². The monoisotopic (exact) mass is 277 g/mol. The van der Waals surface area contributed by atoms with Gasteiger partial charge in [-0.25, -0.2) is 9.59 Å². The number of carboxylic acid groups (broad SMARTS) is 1. The van der Waals surface area contributed by atoms with Crippen molar-refractivity contribution in [3.8, 4) is 0 Å². The zero-order valence-corrected chi connectivity index (χ0v) is 11.2. The summed E-state index contributed by atoms with van der Waals surface area (Å²) in [5.74, 6) is -0.374. The number of hydrogen-bond donors (Lipinski definition) is 2. The lowest BCUT2D eigenvalue weighted by Crippen LogP contribution is -2.41. The van der Waals surface area contributed by atoms with Crippen LogP contribution >= 0.6 is 0 Å². The van der Waals surface area contributed by atoms with Gasteiger partial charge in [-0.1, -0.05) is 43.2 Å². The van der Waals surface area contributed by atoms with Crippen LogP contribution in [0.3, 0.4) is 0 Å². The zero-order chi connectivity index (χ0) is 14.4. The van der Waals surface area contributed by atoms with Crippen LogP contribution in [0, 0.1) is 5.92 Å². The standard InChI is InChI=1S/C15H19NO4/c17-14(18)13(9-8-11-6-7-11)16-15(19)20-10-12-4-2-1-3-5-12/h1-5,11,13H,6-10H2,(H,16,19)(H,17,18)/t13-/m0/s1. The number of ether oxygens (including phenoxy) is 1. The number of carbonyl (C=O) groups excluding carboxylic acids is 1. The minimum atomic E-state index is -1.01. The lowest BCUT2D eigenvalue weighted by Gasteiger charge is -2.14. The van der Waals surface area contributed by atoms with E-state index >= 15 is 0 Å². The average molecular weight is 277 g/mol. The van der Waals surface area contributed by atoms with E-state index in [0.717, 1.165) is 12.0 Å². The highest BCUT2D eigenvalue weighted by Gasteiger charge is 2.26. The number of nitrogens with one attached hydrogen (secondary N) is 1. The second-order valence-corrected chi connectivity index (χ2v) is 5.12. The first-order valence-corrected chi connectivity index (χ1v) is 6.85. The van der Waals surface area contributed by atoms with Gasteiger partial charge in [0.1, 0.15) is 12.6 Å². The summed E-state index contributed by atoms with van der Waals surface area (Å²) in [5, 5.41) is 11.5. The molecule has 1 saturated carbocycles. The van der Waals surface area contributed by atoms with E-state index in [1.165, 1.54) is 12.8 Å². The Bertz CT molecular complexity index is 456. The molecule has 1 amide bonds. The van der Waals surface area contributed by atoms with Crippen LogP contribution in [0.5, 0.6) is 0 Å². The molecule has 1 atom stereocenters. The molecular formula is C15H19NO4. The molecule has 1 fully saturated rings. The Labute approximate surface area is 117 Å². The summed E-state index contributed by atoms with van der Waals surface area (Å²) < 4.78 is 5.02. The van der Waals surface area contributed by atoms with Crippen LogP contribution in [-0.2, 0) is 16.1 Å². The maximum Gasteiger partial charge on any atom is 0.408 e. The van der Waals surface area contributed by atoms with Crippen molar-refractivity contribution in [1.29, 1.82) is 0 Å². The van der Waals surface area contributed by atoms with Gasteiger partial charge >= 0.3 is 12.1 Å². The Balaban J connectivity index is 1.74. The molecule has 108 valence electrons. The molecule has 0 unspecified atom stereocenters. The molecule has 0 heterocycles. The summed E-state index contributed by atoms with van der Waals surface area (Å²) >= 11 is 0. The molecule has 5 nitrogen and oxygen atoms in total. The smallest absolute Gasteiger partial charge is 0.408 e. The molecule has 0 aromatic heterocycles. The van der Waals surface area contributed by atoms with Gasteiger partial charge in [-0.15, -0.1) is 0 Å². The lowest BCUT2D eigenvalue weighted by molar-refractivity contribution is -0.139. The van der Waals surface area contributed by atoms with Gasteiger partial charge in [-0.3, -0.25) is 0 Å². The Morgan fingerprint density at radius 1 is 1.30 bits per heavy atom. The zero-order valence-electron chi connectivity index (χ0n) is 11.2. The molecule has 1 aromatic rings. The number of alkyl carbamates (subject to hydrolysis) is 1. The number of aliphatic carboxylic acids is 1. The van der Waals surface area contributed by atoms with E-state index < -0.39 is 18.1 Å². The highest BCUT2D eigenvalue weighted by molar-refractivity contribution is 5.79. The first-order chi connectivity index (χ1) is 9.65. The highest BCUT2D eigenvalue weighted by Crippen LogP contribution is 2.33. The SMILES string of the molecule is O=C(N[C@@H](CCC1CC1)C(=O)O)OCc1ccccc1. The van der Waals surface area contributed by atoms with Gasteiger partial charge in [0, 0.05) is 0 Å². The Hall–Kier alpha value is -2.04. The Morgan fingerprint density at radius 2 is 2.00 bits per heavy atom. The quantitative estimate of drug-likeness (QED) is 0.803. The van der Waals surface area contributed by atoms with Crippen molar-refractivity contribution in [2.24, 2.45) is 5.92 Å². The first-order valence-electron chi connectivity index (χ1n) is 6.85. The van der Waals surface area contributed by atoms with Gasteiger partial charge in [-0.05, 0) is 24.3 Å². The predicted molar refractivity (Wildman–Crippen MR) is 73.1 cm³/mol. The van der Waals surface area contributed by atoms with Crippen molar-refractivity contribution in [1.82, 2.24) is 5.32 Å². The van der Waals surface area contributed by atoms with E-state index in [1.807, 2.05) is 30.3 Å². The first kappa shape index (κ1) is 14.4. The molecular weight excluding hydrogens is 258 g/mol. The number of carbonyl (C=O) groups is 2. The van der Waals surface area contributed by atoms with Crippen molar-refractivity contribution in [3.05, 3.63) is 35.9 Å². The van der Waals surface area contributed by atoms with Gasteiger partial charge in [0.15, 0.2) is 0 Å². The van der Waals surface area contributed by atoms with Crippen LogP contribution in [-0.4, -0.2) is 23.2 Å². The summed E-state index contributed by atoms with van der Waals surface area (Å²) in [6, 6.07) is 8.41. The molecule has 0 saturated heterocycles. The molecule has 5 heteroatoms. The largest absolute Gasteiger partial charge is 0.480 e. The lowest BCUT2D eigenvalue weighted by atomic mass is 10.1. The van der Waals surface area contributed by atoms with E-state index in [4.69, 9.17) is 9.84 Å². The van der Waals surface area contributed by atoms with Gasteiger partial charge < -0.3 is 15.2 Å². The minimum Gasteiger partial charge on any atom is -0.480 e. The average Bonchev–Trinajstić information content (AvgIpc) is 3.26. The fraction of sp³-hybridized carbons (Fsp3) is 0.467. The van der Waals surface area contributed by atoms with Crippen molar-refractivity contribution >= 4 is 12.1 Å². The third-order valence-electron chi connectivity index (χ3n) is 3.36. The summed E-state index contributed by atoms with van der Waals surface area (Å²) in [7, 11) is 0. The molecule has 1 aliphatic carbocycles. The minimum absolute atomic E-state index is 0.141.